The van der Waals surface area contributed by atoms with Crippen LogP contribution in [0.25, 0.3) is 10.9 Å². The number of azo groups is 1. The Kier molecular flexibility index (Phi) is 5.77. The van der Waals surface area contributed by atoms with Crippen molar-refractivity contribution in [2.45, 2.75) is 0 Å². The molecule has 0 saturated carbocycles. The van der Waals surface area contributed by atoms with Gasteiger partial charge in [-0.15, -0.1) is 10.2 Å². The van der Waals surface area contributed by atoms with Crippen LogP contribution in [0.4, 0.5) is 5.69 Å². The molecule has 0 bridgehead atoms. The molecular weight excluding hydrogens is 376 g/mol. The van der Waals surface area contributed by atoms with Crippen LogP contribution in [-0.4, -0.2) is 42.3 Å². The molecule has 0 atom stereocenters. The van der Waals surface area contributed by atoms with E-state index in [0.29, 0.717) is 22.4 Å². The maximum Gasteiger partial charge on any atom is 0.283 e. The van der Waals surface area contributed by atoms with E-state index in [1.165, 1.54) is 20.3 Å². The van der Waals surface area contributed by atoms with Gasteiger partial charge in [0.05, 0.1) is 19.7 Å². The number of rotatable bonds is 6. The van der Waals surface area contributed by atoms with Gasteiger partial charge < -0.3 is 24.5 Å². The molecule has 0 spiro atoms. The second-order valence-electron chi connectivity index (χ2n) is 6.09. The number of carbonyl (C=O) groups excluding carboxylic acids is 2. The van der Waals surface area contributed by atoms with Crippen molar-refractivity contribution in [2.24, 2.45) is 17.3 Å². The highest BCUT2D eigenvalue weighted by atomic mass is 16.5. The highest BCUT2D eigenvalue weighted by Crippen LogP contribution is 2.37. The number of carbonyl (C=O) groups is 2. The molecule has 0 saturated heterocycles. The van der Waals surface area contributed by atoms with Crippen LogP contribution in [0.5, 0.6) is 17.4 Å². The summed E-state index contributed by atoms with van der Waals surface area (Å²) in [4.78, 5) is 24.3. The zero-order valence-electron chi connectivity index (χ0n) is 16.2. The molecule has 3 rings (SSSR count). The monoisotopic (exact) mass is 396 g/mol. The molecule has 2 aromatic carbocycles. The summed E-state index contributed by atoms with van der Waals surface area (Å²) in [6.45, 7) is -0.345. The van der Waals surface area contributed by atoms with E-state index in [-0.39, 0.29) is 18.1 Å². The van der Waals surface area contributed by atoms with Crippen LogP contribution in [0.3, 0.4) is 0 Å². The highest BCUT2D eigenvalue weighted by Gasteiger charge is 2.15. The third kappa shape index (κ3) is 4.03. The lowest BCUT2D eigenvalue weighted by Gasteiger charge is -2.09. The van der Waals surface area contributed by atoms with Crippen molar-refractivity contribution in [3.63, 3.8) is 0 Å². The van der Waals surface area contributed by atoms with Crippen LogP contribution < -0.4 is 14.8 Å². The van der Waals surface area contributed by atoms with E-state index in [1.807, 2.05) is 12.1 Å². The predicted octanol–water partition coefficient (Wildman–Crippen LogP) is 2.94. The Labute approximate surface area is 166 Å². The molecule has 9 nitrogen and oxygen atoms in total. The zero-order valence-corrected chi connectivity index (χ0v) is 16.2. The Morgan fingerprint density at radius 3 is 2.55 bits per heavy atom. The van der Waals surface area contributed by atoms with Gasteiger partial charge in [-0.2, -0.15) is 0 Å². The number of nitrogens with one attached hydrogen (secondary N) is 1. The van der Waals surface area contributed by atoms with Crippen molar-refractivity contribution in [1.29, 1.82) is 0 Å². The van der Waals surface area contributed by atoms with Crippen molar-refractivity contribution in [1.82, 2.24) is 9.88 Å². The molecule has 0 aliphatic carbocycles. The first-order valence-electron chi connectivity index (χ1n) is 8.67. The van der Waals surface area contributed by atoms with Gasteiger partial charge in [-0.3, -0.25) is 9.59 Å². The molecular formula is C20H20N4O5. The fourth-order valence-electron chi connectivity index (χ4n) is 2.83. The summed E-state index contributed by atoms with van der Waals surface area (Å²) >= 11 is 0. The third-order valence-electron chi connectivity index (χ3n) is 4.36. The molecule has 29 heavy (non-hydrogen) atoms. The summed E-state index contributed by atoms with van der Waals surface area (Å²) in [7, 11) is 4.64. The number of aromatic nitrogens is 1. The number of aryl methyl sites for hydroxylation is 1. The van der Waals surface area contributed by atoms with Crippen molar-refractivity contribution in [3.8, 4) is 17.4 Å². The van der Waals surface area contributed by atoms with Gasteiger partial charge in [0.15, 0.2) is 17.2 Å². The van der Waals surface area contributed by atoms with Gasteiger partial charge in [0.2, 0.25) is 5.88 Å². The summed E-state index contributed by atoms with van der Waals surface area (Å²) in [5.41, 5.74) is 1.26. The van der Waals surface area contributed by atoms with Crippen molar-refractivity contribution in [3.05, 3.63) is 48.0 Å². The fraction of sp³-hybridized carbons (Fsp3) is 0.200. The average Bonchev–Trinajstić information content (AvgIpc) is 3.00. The molecule has 1 heterocycles. The number of hydrogen-bond donors (Lipinski definition) is 2. The lowest BCUT2D eigenvalue weighted by molar-refractivity contribution is -0.117. The fourth-order valence-corrected chi connectivity index (χ4v) is 2.83. The predicted molar refractivity (Wildman–Crippen MR) is 106 cm³/mol. The Morgan fingerprint density at radius 1 is 1.10 bits per heavy atom. The summed E-state index contributed by atoms with van der Waals surface area (Å²) in [5, 5.41) is 20.8. The van der Waals surface area contributed by atoms with Gasteiger partial charge in [0.25, 0.3) is 11.8 Å². The number of nitrogens with zero attached hydrogens (tertiary/aromatic N) is 3. The molecule has 9 heteroatoms. The largest absolute Gasteiger partial charge is 0.493 e. The molecule has 0 fully saturated rings. The topological polar surface area (TPSA) is 115 Å². The van der Waals surface area contributed by atoms with Gasteiger partial charge in [0, 0.05) is 18.0 Å². The molecule has 2 N–H and O–H groups in total. The quantitative estimate of drug-likeness (QED) is 0.622. The Hall–Kier alpha value is -3.88. The molecule has 0 radical (unpaired) electrons. The smallest absolute Gasteiger partial charge is 0.283 e. The number of hydrogen-bond acceptors (Lipinski definition) is 6. The summed E-state index contributed by atoms with van der Waals surface area (Å²) in [5.74, 6) is -0.341. The third-order valence-corrected chi connectivity index (χ3v) is 4.36. The van der Waals surface area contributed by atoms with Crippen LogP contribution in [0, 0.1) is 0 Å². The number of aromatic hydroxyl groups is 1. The molecule has 3 aromatic rings. The van der Waals surface area contributed by atoms with Gasteiger partial charge in [-0.05, 0) is 24.3 Å². The molecule has 150 valence electrons. The Morgan fingerprint density at radius 2 is 1.83 bits per heavy atom. The minimum absolute atomic E-state index is 0.0999. The zero-order chi connectivity index (χ0) is 21.0. The lowest BCUT2D eigenvalue weighted by Crippen LogP contribution is -2.28. The van der Waals surface area contributed by atoms with Crippen LogP contribution in [0.2, 0.25) is 0 Å². The molecule has 0 aliphatic rings. The van der Waals surface area contributed by atoms with Crippen LogP contribution in [-0.2, 0) is 11.8 Å². The first-order chi connectivity index (χ1) is 14.0. The van der Waals surface area contributed by atoms with E-state index in [2.05, 4.69) is 15.5 Å². The Bertz CT molecular complexity index is 1100. The van der Waals surface area contributed by atoms with Crippen LogP contribution in [0.1, 0.15) is 10.4 Å². The minimum Gasteiger partial charge on any atom is -0.493 e. The summed E-state index contributed by atoms with van der Waals surface area (Å²) in [6.07, 6.45) is 0. The maximum atomic E-state index is 12.2. The van der Waals surface area contributed by atoms with Crippen molar-refractivity contribution >= 4 is 28.4 Å². The average molecular weight is 396 g/mol. The van der Waals surface area contributed by atoms with Gasteiger partial charge >= 0.3 is 0 Å². The van der Waals surface area contributed by atoms with E-state index in [4.69, 9.17) is 9.47 Å². The van der Waals surface area contributed by atoms with E-state index in [1.54, 1.807) is 35.9 Å². The number of methoxy groups -OCH3 is 2. The van der Waals surface area contributed by atoms with E-state index < -0.39 is 11.8 Å². The first-order valence-corrected chi connectivity index (χ1v) is 8.67. The number of ether oxygens (including phenoxy) is 2. The minimum atomic E-state index is -0.661. The van der Waals surface area contributed by atoms with Crippen LogP contribution in [0.15, 0.2) is 52.7 Å². The molecule has 2 amide bonds. The van der Waals surface area contributed by atoms with Gasteiger partial charge in [-0.25, -0.2) is 0 Å². The van der Waals surface area contributed by atoms with Crippen molar-refractivity contribution < 1.29 is 24.2 Å². The van der Waals surface area contributed by atoms with Crippen LogP contribution >= 0.6 is 0 Å². The van der Waals surface area contributed by atoms with E-state index in [0.717, 1.165) is 5.52 Å². The Balaban J connectivity index is 1.68. The van der Waals surface area contributed by atoms with E-state index >= 15 is 0 Å². The van der Waals surface area contributed by atoms with Gasteiger partial charge in [-0.1, -0.05) is 18.2 Å². The summed E-state index contributed by atoms with van der Waals surface area (Å²) < 4.78 is 11.8. The standard InChI is InChI=1S/C20H20N4O5/c1-24-14-7-5-4-6-13(14)18(20(24)27)23-22-17(25)11-21-19(26)12-8-9-15(28-2)16(10-12)29-3/h4-10,27H,11H2,1-3H3,(H,21,26). The van der Waals surface area contributed by atoms with Gasteiger partial charge in [0.1, 0.15) is 6.54 Å². The number of fused-ring (bicyclic) bond motifs is 1. The molecule has 0 aliphatic heterocycles. The second kappa shape index (κ2) is 8.42. The highest BCUT2D eigenvalue weighted by molar-refractivity contribution is 5.97. The SMILES string of the molecule is COc1ccc(C(=O)NCC(=O)N=Nc2c(O)n(C)c3ccccc23)cc1OC. The summed E-state index contributed by atoms with van der Waals surface area (Å²) in [6, 6.07) is 11.9. The number of benzene rings is 2. The normalized spacial score (nSPS) is 11.0. The maximum absolute atomic E-state index is 12.2. The second-order valence-corrected chi connectivity index (χ2v) is 6.09. The first kappa shape index (κ1) is 19.9. The van der Waals surface area contributed by atoms with Crippen molar-refractivity contribution in [2.75, 3.05) is 20.8 Å². The number of para-hydroxylation sites is 1. The van der Waals surface area contributed by atoms with E-state index in [9.17, 15) is 14.7 Å². The molecule has 0 unspecified atom stereocenters. The number of amides is 2. The molecule has 1 aromatic heterocycles. The lowest BCUT2D eigenvalue weighted by atomic mass is 10.2.